The van der Waals surface area contributed by atoms with Crippen molar-refractivity contribution in [2.75, 3.05) is 17.3 Å². The van der Waals surface area contributed by atoms with E-state index in [1.54, 1.807) is 24.3 Å². The van der Waals surface area contributed by atoms with Crippen LogP contribution in [0.2, 0.25) is 0 Å². The highest BCUT2D eigenvalue weighted by molar-refractivity contribution is 6.11. The van der Waals surface area contributed by atoms with Gasteiger partial charge in [0, 0.05) is 17.6 Å². The first-order chi connectivity index (χ1) is 13.2. The summed E-state index contributed by atoms with van der Waals surface area (Å²) in [6, 6.07) is 19.4. The van der Waals surface area contributed by atoms with Crippen molar-refractivity contribution in [2.24, 2.45) is 0 Å². The first-order valence-corrected chi connectivity index (χ1v) is 8.99. The number of carbonyl (C=O) groups excluding carboxylic acids is 1. The van der Waals surface area contributed by atoms with E-state index in [0.29, 0.717) is 5.56 Å². The zero-order chi connectivity index (χ0) is 18.8. The van der Waals surface area contributed by atoms with Crippen LogP contribution in [-0.4, -0.2) is 18.0 Å². The molecule has 1 aliphatic rings. The first kappa shape index (κ1) is 17.1. The van der Waals surface area contributed by atoms with Crippen LogP contribution in [0.5, 0.6) is 5.75 Å². The van der Waals surface area contributed by atoms with Crippen molar-refractivity contribution in [1.82, 2.24) is 4.98 Å². The maximum Gasteiger partial charge on any atom is 0.262 e. The van der Waals surface area contributed by atoms with E-state index in [1.165, 1.54) is 5.56 Å². The molecule has 136 valence electrons. The summed E-state index contributed by atoms with van der Waals surface area (Å²) in [6.07, 6.45) is 2.35. The lowest BCUT2D eigenvalue weighted by Crippen LogP contribution is -2.32. The van der Waals surface area contributed by atoms with Gasteiger partial charge in [-0.3, -0.25) is 14.7 Å². The lowest BCUT2D eigenvalue weighted by Gasteiger charge is -2.26. The fourth-order valence-electron chi connectivity index (χ4n) is 3.32. The summed E-state index contributed by atoms with van der Waals surface area (Å²) in [6.45, 7) is 2.13. The number of carbonyl (C=O) groups is 1. The van der Waals surface area contributed by atoms with Gasteiger partial charge in [-0.15, -0.1) is 0 Å². The number of hydrogen-bond acceptors (Lipinski definition) is 4. The maximum absolute atomic E-state index is 13.1. The van der Waals surface area contributed by atoms with Crippen LogP contribution in [0.25, 0.3) is 0 Å². The Morgan fingerprint density at radius 2 is 1.81 bits per heavy atom. The quantitative estimate of drug-likeness (QED) is 0.732. The molecule has 0 saturated carbocycles. The number of hydrogen-bond donors (Lipinski definition) is 1. The molecule has 2 heterocycles. The van der Waals surface area contributed by atoms with E-state index >= 15 is 0 Å². The number of fused-ring (bicyclic) bond motifs is 1. The number of pyridine rings is 1. The molecule has 0 aliphatic carbocycles. The second-order valence-corrected chi connectivity index (χ2v) is 6.41. The molecule has 1 N–H and O–H groups in total. The van der Waals surface area contributed by atoms with Gasteiger partial charge in [0.1, 0.15) is 5.75 Å². The van der Waals surface area contributed by atoms with Crippen molar-refractivity contribution < 1.29 is 9.53 Å². The molecule has 5 nitrogen and oxygen atoms in total. The second kappa shape index (κ2) is 7.11. The minimum Gasteiger partial charge on any atom is -0.497 e. The van der Waals surface area contributed by atoms with Gasteiger partial charge in [0.25, 0.3) is 5.91 Å². The number of benzene rings is 2. The summed E-state index contributed by atoms with van der Waals surface area (Å²) in [5.41, 5.74) is 4.37. The average Bonchev–Trinajstić information content (AvgIpc) is 3.01. The normalized spacial score (nSPS) is 15.6. The van der Waals surface area contributed by atoms with E-state index in [0.717, 1.165) is 29.2 Å². The van der Waals surface area contributed by atoms with Gasteiger partial charge in [-0.1, -0.05) is 19.1 Å². The van der Waals surface area contributed by atoms with Gasteiger partial charge in [0.15, 0.2) is 6.17 Å². The molecule has 2 aromatic carbocycles. The van der Waals surface area contributed by atoms with Crippen molar-refractivity contribution in [3.05, 3.63) is 83.7 Å². The number of rotatable bonds is 5. The van der Waals surface area contributed by atoms with Gasteiger partial charge in [-0.25, -0.2) is 0 Å². The number of ether oxygens (including phenoxy) is 1. The highest BCUT2D eigenvalue weighted by atomic mass is 16.5. The molecule has 0 radical (unpaired) electrons. The summed E-state index contributed by atoms with van der Waals surface area (Å²) < 4.78 is 5.23. The third kappa shape index (κ3) is 3.12. The van der Waals surface area contributed by atoms with E-state index in [2.05, 4.69) is 29.4 Å². The van der Waals surface area contributed by atoms with Crippen LogP contribution in [0.3, 0.4) is 0 Å². The Morgan fingerprint density at radius 1 is 1.07 bits per heavy atom. The van der Waals surface area contributed by atoms with E-state index in [-0.39, 0.29) is 12.1 Å². The Bertz CT molecular complexity index is 952. The SMILES string of the molecule is CCc1ccc(N[C@H]2c3ncccc3C(=O)N2c2ccc(OC)cc2)cc1. The predicted octanol–water partition coefficient (Wildman–Crippen LogP) is 4.42. The second-order valence-electron chi connectivity index (χ2n) is 6.41. The van der Waals surface area contributed by atoms with Gasteiger partial charge < -0.3 is 10.1 Å². The summed E-state index contributed by atoms with van der Waals surface area (Å²) in [4.78, 5) is 19.3. The first-order valence-electron chi connectivity index (χ1n) is 8.99. The highest BCUT2D eigenvalue weighted by Gasteiger charge is 2.38. The summed E-state index contributed by atoms with van der Waals surface area (Å²) in [5.74, 6) is 0.687. The van der Waals surface area contributed by atoms with Crippen LogP contribution in [0.1, 0.15) is 34.7 Å². The Hall–Kier alpha value is -3.34. The van der Waals surface area contributed by atoms with E-state index in [4.69, 9.17) is 4.74 Å². The molecule has 0 bridgehead atoms. The Balaban J connectivity index is 1.72. The predicted molar refractivity (Wildman–Crippen MR) is 106 cm³/mol. The largest absolute Gasteiger partial charge is 0.497 e. The molecule has 0 spiro atoms. The fourth-order valence-corrected chi connectivity index (χ4v) is 3.32. The molecule has 5 heteroatoms. The smallest absolute Gasteiger partial charge is 0.262 e. The number of aromatic nitrogens is 1. The third-order valence-electron chi connectivity index (χ3n) is 4.82. The zero-order valence-electron chi connectivity index (χ0n) is 15.3. The maximum atomic E-state index is 13.1. The minimum absolute atomic E-state index is 0.0639. The van der Waals surface area contributed by atoms with Crippen molar-refractivity contribution in [3.8, 4) is 5.75 Å². The van der Waals surface area contributed by atoms with E-state index in [1.807, 2.05) is 42.5 Å². The zero-order valence-corrected chi connectivity index (χ0v) is 15.3. The number of nitrogens with one attached hydrogen (secondary N) is 1. The Kier molecular flexibility index (Phi) is 4.50. The van der Waals surface area contributed by atoms with Crippen molar-refractivity contribution >= 4 is 17.3 Å². The van der Waals surface area contributed by atoms with Crippen molar-refractivity contribution in [2.45, 2.75) is 19.5 Å². The molecule has 1 aromatic heterocycles. The van der Waals surface area contributed by atoms with Crippen LogP contribution < -0.4 is 15.0 Å². The van der Waals surface area contributed by atoms with E-state index in [9.17, 15) is 4.79 Å². The van der Waals surface area contributed by atoms with Gasteiger partial charge in [-0.2, -0.15) is 0 Å². The Morgan fingerprint density at radius 3 is 2.48 bits per heavy atom. The van der Waals surface area contributed by atoms with Gasteiger partial charge in [0.2, 0.25) is 0 Å². The van der Waals surface area contributed by atoms with Gasteiger partial charge >= 0.3 is 0 Å². The van der Waals surface area contributed by atoms with Crippen LogP contribution in [0, 0.1) is 0 Å². The Labute approximate surface area is 158 Å². The minimum atomic E-state index is -0.366. The molecular formula is C22H21N3O2. The van der Waals surface area contributed by atoms with Gasteiger partial charge in [-0.05, 0) is 60.5 Å². The summed E-state index contributed by atoms with van der Waals surface area (Å²) >= 11 is 0. The van der Waals surface area contributed by atoms with Crippen molar-refractivity contribution in [1.29, 1.82) is 0 Å². The molecule has 27 heavy (non-hydrogen) atoms. The summed E-state index contributed by atoms with van der Waals surface area (Å²) in [7, 11) is 1.63. The molecule has 4 rings (SSSR count). The van der Waals surface area contributed by atoms with Crippen molar-refractivity contribution in [3.63, 3.8) is 0 Å². The number of aryl methyl sites for hydroxylation is 1. The lowest BCUT2D eigenvalue weighted by atomic mass is 10.1. The fraction of sp³-hybridized carbons (Fsp3) is 0.182. The number of anilines is 2. The molecule has 1 atom stereocenters. The highest BCUT2D eigenvalue weighted by Crippen LogP contribution is 2.37. The summed E-state index contributed by atoms with van der Waals surface area (Å²) in [5, 5.41) is 3.47. The monoisotopic (exact) mass is 359 g/mol. The molecule has 0 fully saturated rings. The third-order valence-corrected chi connectivity index (χ3v) is 4.82. The van der Waals surface area contributed by atoms with Crippen LogP contribution >= 0.6 is 0 Å². The standard InChI is InChI=1S/C22H21N3O2/c1-3-15-6-8-16(9-7-15)24-21-20-19(5-4-14-23-20)22(26)25(21)17-10-12-18(27-2)13-11-17/h4-14,21,24H,3H2,1-2H3/t21-/m1/s1. The molecule has 3 aromatic rings. The number of amides is 1. The molecular weight excluding hydrogens is 338 g/mol. The number of nitrogens with zero attached hydrogens (tertiary/aromatic N) is 2. The molecule has 1 aliphatic heterocycles. The van der Waals surface area contributed by atoms with Crippen LogP contribution in [0.15, 0.2) is 66.9 Å². The lowest BCUT2D eigenvalue weighted by molar-refractivity contribution is 0.0993. The topological polar surface area (TPSA) is 54.5 Å². The van der Waals surface area contributed by atoms with Crippen LogP contribution in [0.4, 0.5) is 11.4 Å². The molecule has 0 unspecified atom stereocenters. The molecule has 0 saturated heterocycles. The average molecular weight is 359 g/mol. The molecule has 1 amide bonds. The van der Waals surface area contributed by atoms with Crippen LogP contribution in [-0.2, 0) is 6.42 Å². The van der Waals surface area contributed by atoms with Gasteiger partial charge in [0.05, 0.1) is 18.4 Å². The van der Waals surface area contributed by atoms with E-state index < -0.39 is 0 Å². The number of methoxy groups -OCH3 is 1.